The van der Waals surface area contributed by atoms with Crippen LogP contribution in [0.5, 0.6) is 0 Å². The molecule has 9 aromatic rings. The zero-order valence-electron chi connectivity index (χ0n) is 31.7. The Balaban J connectivity index is 1.20. The number of para-hydroxylation sites is 1. The maximum absolute atomic E-state index is 2.51. The first-order valence-corrected chi connectivity index (χ1v) is 19.5. The zero-order chi connectivity index (χ0) is 37.1. The molecule has 0 saturated heterocycles. The molecule has 1 heteroatoms. The predicted molar refractivity (Wildman–Crippen MR) is 234 cm³/mol. The van der Waals surface area contributed by atoms with Gasteiger partial charge in [-0.25, -0.2) is 0 Å². The Morgan fingerprint density at radius 1 is 0.364 bits per heavy atom. The largest absolute Gasteiger partial charge is 0.310 e. The van der Waals surface area contributed by atoms with Gasteiger partial charge >= 0.3 is 0 Å². The van der Waals surface area contributed by atoms with Crippen LogP contribution in [0.15, 0.2) is 176 Å². The van der Waals surface area contributed by atoms with Crippen LogP contribution >= 0.6 is 0 Å². The number of hydrogen-bond acceptors (Lipinski definition) is 1. The topological polar surface area (TPSA) is 3.24 Å². The Morgan fingerprint density at radius 2 is 1.02 bits per heavy atom. The lowest BCUT2D eigenvalue weighted by Crippen LogP contribution is -2.24. The Labute approximate surface area is 323 Å². The lowest BCUT2D eigenvalue weighted by Gasteiger charge is -2.38. The lowest BCUT2D eigenvalue weighted by atomic mass is 9.67. The second-order valence-corrected chi connectivity index (χ2v) is 16.5. The minimum absolute atomic E-state index is 0.108. The van der Waals surface area contributed by atoms with Gasteiger partial charge in [-0.2, -0.15) is 0 Å². The number of rotatable bonds is 4. The molecule has 2 aliphatic carbocycles. The summed E-state index contributed by atoms with van der Waals surface area (Å²) in [5.41, 5.74) is 16.5. The normalized spacial score (nSPS) is 14.5. The van der Waals surface area contributed by atoms with Crippen LogP contribution in [0.2, 0.25) is 0 Å². The number of nitrogens with zero attached hydrogens (tertiary/aromatic N) is 1. The molecular formula is C54H41N. The van der Waals surface area contributed by atoms with Gasteiger partial charge < -0.3 is 4.90 Å². The van der Waals surface area contributed by atoms with Crippen LogP contribution in [0.1, 0.15) is 49.9 Å². The summed E-state index contributed by atoms with van der Waals surface area (Å²) in [5.74, 6) is 0. The predicted octanol–water partition coefficient (Wildman–Crippen LogP) is 14.9. The summed E-state index contributed by atoms with van der Waals surface area (Å²) >= 11 is 0. The van der Waals surface area contributed by atoms with Gasteiger partial charge in [-0.15, -0.1) is 0 Å². The monoisotopic (exact) mass is 703 g/mol. The third kappa shape index (κ3) is 4.53. The summed E-state index contributed by atoms with van der Waals surface area (Å²) in [7, 11) is 0. The average molecular weight is 704 g/mol. The second-order valence-electron chi connectivity index (χ2n) is 16.5. The van der Waals surface area contributed by atoms with Gasteiger partial charge in [0.25, 0.3) is 0 Å². The highest BCUT2D eigenvalue weighted by Gasteiger charge is 2.38. The molecule has 0 atom stereocenters. The number of hydrogen-bond donors (Lipinski definition) is 0. The summed E-state index contributed by atoms with van der Waals surface area (Å²) in [6.07, 6.45) is 0. The van der Waals surface area contributed by atoms with Crippen molar-refractivity contribution in [3.63, 3.8) is 0 Å². The molecule has 1 nitrogen and oxygen atoms in total. The van der Waals surface area contributed by atoms with Crippen molar-refractivity contribution in [2.24, 2.45) is 0 Å². The molecule has 0 amide bonds. The van der Waals surface area contributed by atoms with Crippen molar-refractivity contribution >= 4 is 49.4 Å². The maximum Gasteiger partial charge on any atom is 0.0546 e. The van der Waals surface area contributed by atoms with E-state index < -0.39 is 0 Å². The highest BCUT2D eigenvalue weighted by molar-refractivity contribution is 6.15. The molecule has 0 aromatic heterocycles. The quantitative estimate of drug-likeness (QED) is 0.165. The van der Waals surface area contributed by atoms with Crippen molar-refractivity contribution in [1.82, 2.24) is 0 Å². The SMILES string of the molecule is CC1(C)c2ccccc2-c2ccc(N(c3ccccc3)c3ccc4cccc5c4c3-c3cc(-c4cc6ccccc6c6ccccc46)ccc3C5(C)C)cc21. The Kier molecular flexibility index (Phi) is 6.72. The van der Waals surface area contributed by atoms with Crippen LogP contribution in [0.25, 0.3) is 65.7 Å². The third-order valence-corrected chi connectivity index (χ3v) is 12.8. The molecule has 0 spiro atoms. The van der Waals surface area contributed by atoms with Gasteiger partial charge in [-0.3, -0.25) is 0 Å². The van der Waals surface area contributed by atoms with Crippen molar-refractivity contribution in [1.29, 1.82) is 0 Å². The smallest absolute Gasteiger partial charge is 0.0546 e. The van der Waals surface area contributed by atoms with E-state index in [0.717, 1.165) is 5.69 Å². The Morgan fingerprint density at radius 3 is 1.87 bits per heavy atom. The van der Waals surface area contributed by atoms with Crippen LogP contribution in [0.4, 0.5) is 17.1 Å². The second kappa shape index (κ2) is 11.5. The molecular weight excluding hydrogens is 663 g/mol. The molecule has 0 heterocycles. The van der Waals surface area contributed by atoms with Gasteiger partial charge in [0.1, 0.15) is 0 Å². The summed E-state index contributed by atoms with van der Waals surface area (Å²) in [6, 6.07) is 65.9. The average Bonchev–Trinajstić information content (AvgIpc) is 3.45. The van der Waals surface area contributed by atoms with Gasteiger partial charge in [0.05, 0.1) is 5.69 Å². The van der Waals surface area contributed by atoms with E-state index in [0.29, 0.717) is 0 Å². The van der Waals surface area contributed by atoms with Gasteiger partial charge in [-0.05, 0) is 125 Å². The van der Waals surface area contributed by atoms with Crippen LogP contribution in [0.3, 0.4) is 0 Å². The molecule has 2 aliphatic rings. The molecule has 262 valence electrons. The van der Waals surface area contributed by atoms with Crippen molar-refractivity contribution in [3.8, 4) is 33.4 Å². The Hall–Kier alpha value is -6.44. The van der Waals surface area contributed by atoms with E-state index in [4.69, 9.17) is 0 Å². The fourth-order valence-electron chi connectivity index (χ4n) is 10.1. The molecule has 0 fully saturated rings. The number of fused-ring (bicyclic) bond motifs is 8. The summed E-state index contributed by atoms with van der Waals surface area (Å²) in [5, 5.41) is 7.74. The zero-order valence-corrected chi connectivity index (χ0v) is 31.7. The van der Waals surface area contributed by atoms with Crippen molar-refractivity contribution in [3.05, 3.63) is 198 Å². The first-order valence-electron chi connectivity index (χ1n) is 19.5. The van der Waals surface area contributed by atoms with E-state index in [-0.39, 0.29) is 10.8 Å². The van der Waals surface area contributed by atoms with Gasteiger partial charge in [0.15, 0.2) is 0 Å². The van der Waals surface area contributed by atoms with E-state index in [1.54, 1.807) is 0 Å². The fourth-order valence-corrected chi connectivity index (χ4v) is 10.1. The van der Waals surface area contributed by atoms with E-state index in [2.05, 4.69) is 209 Å². The molecule has 0 aliphatic heterocycles. The van der Waals surface area contributed by atoms with Gasteiger partial charge in [-0.1, -0.05) is 161 Å². The van der Waals surface area contributed by atoms with E-state index >= 15 is 0 Å². The molecule has 0 saturated carbocycles. The molecule has 11 rings (SSSR count). The summed E-state index contributed by atoms with van der Waals surface area (Å²) in [6.45, 7) is 9.54. The van der Waals surface area contributed by atoms with E-state index in [9.17, 15) is 0 Å². The fraction of sp³-hybridized carbons (Fsp3) is 0.111. The summed E-state index contributed by atoms with van der Waals surface area (Å²) in [4.78, 5) is 2.51. The van der Waals surface area contributed by atoms with Crippen LogP contribution in [0, 0.1) is 0 Å². The molecule has 0 unspecified atom stereocenters. The van der Waals surface area contributed by atoms with Crippen LogP contribution in [-0.2, 0) is 10.8 Å². The Bertz CT molecular complexity index is 3040. The highest BCUT2D eigenvalue weighted by Crippen LogP contribution is 2.56. The molecule has 0 bridgehead atoms. The number of anilines is 3. The summed E-state index contributed by atoms with van der Waals surface area (Å²) < 4.78 is 0. The minimum atomic E-state index is -0.189. The van der Waals surface area contributed by atoms with Crippen molar-refractivity contribution in [2.75, 3.05) is 4.90 Å². The van der Waals surface area contributed by atoms with Crippen LogP contribution < -0.4 is 4.90 Å². The van der Waals surface area contributed by atoms with Gasteiger partial charge in [0, 0.05) is 27.8 Å². The van der Waals surface area contributed by atoms with Crippen LogP contribution in [-0.4, -0.2) is 0 Å². The highest BCUT2D eigenvalue weighted by atomic mass is 15.1. The van der Waals surface area contributed by atoms with Crippen molar-refractivity contribution in [2.45, 2.75) is 38.5 Å². The van der Waals surface area contributed by atoms with E-state index in [1.165, 1.54) is 99.3 Å². The van der Waals surface area contributed by atoms with Crippen molar-refractivity contribution < 1.29 is 0 Å². The molecule has 0 radical (unpaired) electrons. The molecule has 0 N–H and O–H groups in total. The maximum atomic E-state index is 2.51. The standard InChI is InChI=1S/C54H41N/c1-53(2)47-29-25-36(44-31-35-15-8-9-19-39(35)40-20-10-11-21-41(40)44)32-45(47)52-50(30-26-34-16-14-24-48(53)51(34)52)55(37-17-6-5-7-18-37)38-27-28-43-42-22-12-13-23-46(42)54(3,4)49(43)33-38/h5-33H,1-4H3. The third-order valence-electron chi connectivity index (χ3n) is 12.8. The lowest BCUT2D eigenvalue weighted by molar-refractivity contribution is 0.645. The van der Waals surface area contributed by atoms with Gasteiger partial charge in [0.2, 0.25) is 0 Å². The van der Waals surface area contributed by atoms with E-state index in [1.807, 2.05) is 0 Å². The molecule has 9 aromatic carbocycles. The first kappa shape index (κ1) is 32.0. The minimum Gasteiger partial charge on any atom is -0.310 e. The molecule has 55 heavy (non-hydrogen) atoms. The first-order chi connectivity index (χ1) is 26.8. The number of benzene rings is 9.